The SMILES string of the molecule is Clc1ccc(-n2cncc2C2CNCCO2)cc1Cl. The van der Waals surface area contributed by atoms with Crippen molar-refractivity contribution in [2.75, 3.05) is 19.7 Å². The van der Waals surface area contributed by atoms with Crippen molar-refractivity contribution in [3.63, 3.8) is 0 Å². The van der Waals surface area contributed by atoms with Gasteiger partial charge >= 0.3 is 0 Å². The molecule has 1 saturated heterocycles. The number of hydrogen-bond donors (Lipinski definition) is 1. The largest absolute Gasteiger partial charge is 0.369 e. The van der Waals surface area contributed by atoms with E-state index in [9.17, 15) is 0 Å². The Labute approximate surface area is 121 Å². The van der Waals surface area contributed by atoms with Gasteiger partial charge in [-0.05, 0) is 18.2 Å². The van der Waals surface area contributed by atoms with E-state index < -0.39 is 0 Å². The molecule has 1 aromatic carbocycles. The summed E-state index contributed by atoms with van der Waals surface area (Å²) >= 11 is 12.0. The van der Waals surface area contributed by atoms with Crippen LogP contribution in [0.1, 0.15) is 11.8 Å². The molecule has 1 fully saturated rings. The van der Waals surface area contributed by atoms with Gasteiger partial charge in [-0.2, -0.15) is 0 Å². The van der Waals surface area contributed by atoms with Gasteiger partial charge in [-0.15, -0.1) is 0 Å². The van der Waals surface area contributed by atoms with Crippen LogP contribution in [0.15, 0.2) is 30.7 Å². The van der Waals surface area contributed by atoms with Crippen molar-refractivity contribution in [3.05, 3.63) is 46.5 Å². The minimum absolute atomic E-state index is 0.00528. The van der Waals surface area contributed by atoms with E-state index in [-0.39, 0.29) is 6.10 Å². The minimum atomic E-state index is 0.00528. The van der Waals surface area contributed by atoms with Crippen LogP contribution < -0.4 is 5.32 Å². The summed E-state index contributed by atoms with van der Waals surface area (Å²) in [6.07, 6.45) is 3.58. The van der Waals surface area contributed by atoms with Gasteiger partial charge in [0.05, 0.1) is 34.9 Å². The topological polar surface area (TPSA) is 39.1 Å². The second kappa shape index (κ2) is 5.51. The Hall–Kier alpha value is -1.07. The molecule has 19 heavy (non-hydrogen) atoms. The Bertz CT molecular complexity index is 579. The summed E-state index contributed by atoms with van der Waals surface area (Å²) in [7, 11) is 0. The lowest BCUT2D eigenvalue weighted by Crippen LogP contribution is -2.34. The zero-order valence-corrected chi connectivity index (χ0v) is 11.7. The normalized spacial score (nSPS) is 19.6. The molecular formula is C13H13Cl2N3O. The van der Waals surface area contributed by atoms with Crippen molar-refractivity contribution >= 4 is 23.2 Å². The summed E-state index contributed by atoms with van der Waals surface area (Å²) < 4.78 is 7.73. The number of nitrogens with one attached hydrogen (secondary N) is 1. The molecule has 4 nitrogen and oxygen atoms in total. The lowest BCUT2D eigenvalue weighted by molar-refractivity contribution is 0.0240. The first-order chi connectivity index (χ1) is 9.25. The molecule has 1 unspecified atom stereocenters. The zero-order chi connectivity index (χ0) is 13.2. The van der Waals surface area contributed by atoms with Crippen molar-refractivity contribution in [3.8, 4) is 5.69 Å². The van der Waals surface area contributed by atoms with Gasteiger partial charge in [0.25, 0.3) is 0 Å². The summed E-state index contributed by atoms with van der Waals surface area (Å²) in [4.78, 5) is 4.20. The molecule has 1 N–H and O–H groups in total. The highest BCUT2D eigenvalue weighted by atomic mass is 35.5. The summed E-state index contributed by atoms with van der Waals surface area (Å²) in [5, 5.41) is 4.38. The van der Waals surface area contributed by atoms with Crippen LogP contribution in [0.2, 0.25) is 10.0 Å². The maximum absolute atomic E-state index is 6.06. The van der Waals surface area contributed by atoms with Crippen molar-refractivity contribution in [2.45, 2.75) is 6.10 Å². The van der Waals surface area contributed by atoms with Gasteiger partial charge in [-0.3, -0.25) is 0 Å². The summed E-state index contributed by atoms with van der Waals surface area (Å²) in [6.45, 7) is 2.38. The first-order valence-corrected chi connectivity index (χ1v) is 6.81. The molecule has 2 heterocycles. The van der Waals surface area contributed by atoms with Crippen LogP contribution in [-0.2, 0) is 4.74 Å². The molecule has 1 aromatic heterocycles. The van der Waals surface area contributed by atoms with Gasteiger partial charge in [-0.25, -0.2) is 4.98 Å². The molecule has 1 aliphatic heterocycles. The van der Waals surface area contributed by atoms with Gasteiger partial charge in [0.15, 0.2) is 0 Å². The van der Waals surface area contributed by atoms with E-state index >= 15 is 0 Å². The van der Waals surface area contributed by atoms with Crippen molar-refractivity contribution in [1.29, 1.82) is 0 Å². The summed E-state index contributed by atoms with van der Waals surface area (Å²) in [5.74, 6) is 0. The molecule has 1 aliphatic rings. The first kappa shape index (κ1) is 12.9. The molecule has 0 bridgehead atoms. The third-order valence-corrected chi connectivity index (χ3v) is 3.84. The van der Waals surface area contributed by atoms with E-state index in [2.05, 4.69) is 10.3 Å². The number of aromatic nitrogens is 2. The fourth-order valence-electron chi connectivity index (χ4n) is 2.15. The molecule has 0 spiro atoms. The minimum Gasteiger partial charge on any atom is -0.369 e. The number of morpholine rings is 1. The van der Waals surface area contributed by atoms with Crippen LogP contribution >= 0.6 is 23.2 Å². The quantitative estimate of drug-likeness (QED) is 0.926. The number of imidazole rings is 1. The Balaban J connectivity index is 1.96. The molecule has 0 aliphatic carbocycles. The molecule has 100 valence electrons. The van der Waals surface area contributed by atoms with Crippen molar-refractivity contribution in [2.24, 2.45) is 0 Å². The summed E-state index contributed by atoms with van der Waals surface area (Å²) in [5.41, 5.74) is 1.93. The maximum atomic E-state index is 6.06. The standard InChI is InChI=1S/C13H13Cl2N3O/c14-10-2-1-9(5-11(10)15)18-8-17-6-12(18)13-7-16-3-4-19-13/h1-2,5-6,8,13,16H,3-4,7H2. The predicted molar refractivity (Wildman–Crippen MR) is 75.1 cm³/mol. The molecule has 0 saturated carbocycles. The van der Waals surface area contributed by atoms with Gasteiger partial charge in [-0.1, -0.05) is 23.2 Å². The monoisotopic (exact) mass is 297 g/mol. The molecular weight excluding hydrogens is 285 g/mol. The summed E-state index contributed by atoms with van der Waals surface area (Å²) in [6, 6.07) is 5.52. The number of hydrogen-bond acceptors (Lipinski definition) is 3. The number of ether oxygens (including phenoxy) is 1. The van der Waals surface area contributed by atoms with Gasteiger partial charge in [0.1, 0.15) is 6.10 Å². The van der Waals surface area contributed by atoms with E-state index in [0.29, 0.717) is 16.7 Å². The maximum Gasteiger partial charge on any atom is 0.112 e. The third kappa shape index (κ3) is 2.62. The Morgan fingerprint density at radius 1 is 1.32 bits per heavy atom. The Morgan fingerprint density at radius 3 is 2.95 bits per heavy atom. The zero-order valence-electron chi connectivity index (χ0n) is 10.1. The van der Waals surface area contributed by atoms with Crippen LogP contribution in [0.3, 0.4) is 0 Å². The molecule has 0 amide bonds. The average molecular weight is 298 g/mol. The van der Waals surface area contributed by atoms with E-state index in [0.717, 1.165) is 24.5 Å². The lowest BCUT2D eigenvalue weighted by Gasteiger charge is -2.24. The third-order valence-electron chi connectivity index (χ3n) is 3.11. The fourth-order valence-corrected chi connectivity index (χ4v) is 2.44. The van der Waals surface area contributed by atoms with Gasteiger partial charge in [0.2, 0.25) is 0 Å². The van der Waals surface area contributed by atoms with Gasteiger partial charge < -0.3 is 14.6 Å². The van der Waals surface area contributed by atoms with E-state index in [1.807, 2.05) is 22.9 Å². The highest BCUT2D eigenvalue weighted by Gasteiger charge is 2.20. The Kier molecular flexibility index (Phi) is 3.75. The fraction of sp³-hybridized carbons (Fsp3) is 0.308. The molecule has 0 radical (unpaired) electrons. The molecule has 2 aromatic rings. The van der Waals surface area contributed by atoms with Crippen LogP contribution in [0.25, 0.3) is 5.69 Å². The van der Waals surface area contributed by atoms with Crippen LogP contribution in [0.5, 0.6) is 0 Å². The molecule has 3 rings (SSSR count). The van der Waals surface area contributed by atoms with E-state index in [4.69, 9.17) is 27.9 Å². The van der Waals surface area contributed by atoms with Gasteiger partial charge in [0, 0.05) is 18.8 Å². The van der Waals surface area contributed by atoms with Crippen LogP contribution in [0, 0.1) is 0 Å². The first-order valence-electron chi connectivity index (χ1n) is 6.05. The molecule has 6 heteroatoms. The Morgan fingerprint density at radius 2 is 2.21 bits per heavy atom. The second-order valence-electron chi connectivity index (χ2n) is 4.35. The highest BCUT2D eigenvalue weighted by molar-refractivity contribution is 6.42. The van der Waals surface area contributed by atoms with Crippen LogP contribution in [0.4, 0.5) is 0 Å². The predicted octanol–water partition coefficient (Wildman–Crippen LogP) is 2.84. The van der Waals surface area contributed by atoms with Crippen LogP contribution in [-0.4, -0.2) is 29.2 Å². The van der Waals surface area contributed by atoms with Crippen molar-refractivity contribution < 1.29 is 4.74 Å². The second-order valence-corrected chi connectivity index (χ2v) is 5.16. The number of benzene rings is 1. The number of rotatable bonds is 2. The smallest absolute Gasteiger partial charge is 0.112 e. The lowest BCUT2D eigenvalue weighted by atomic mass is 10.2. The number of nitrogens with zero attached hydrogens (tertiary/aromatic N) is 2. The van der Waals surface area contributed by atoms with E-state index in [1.165, 1.54) is 0 Å². The highest BCUT2D eigenvalue weighted by Crippen LogP contribution is 2.27. The number of halogens is 2. The molecule has 1 atom stereocenters. The average Bonchev–Trinajstić information content (AvgIpc) is 2.92. The van der Waals surface area contributed by atoms with Crippen molar-refractivity contribution in [1.82, 2.24) is 14.9 Å². The van der Waals surface area contributed by atoms with E-state index in [1.54, 1.807) is 12.4 Å².